The summed E-state index contributed by atoms with van der Waals surface area (Å²) in [5.74, 6) is -0.658. The molecule has 0 N–H and O–H groups in total. The zero-order valence-corrected chi connectivity index (χ0v) is 11.0. The van der Waals surface area contributed by atoms with E-state index in [-0.39, 0.29) is 24.4 Å². The van der Waals surface area contributed by atoms with E-state index in [9.17, 15) is 0 Å². The first-order valence-electron chi connectivity index (χ1n) is 5.65. The van der Waals surface area contributed by atoms with Crippen molar-refractivity contribution in [2.75, 3.05) is 14.2 Å². The molecule has 4 atom stereocenters. The van der Waals surface area contributed by atoms with Crippen LogP contribution in [0.15, 0.2) is 25.3 Å². The maximum atomic E-state index is 5.84. The maximum absolute atomic E-state index is 5.84. The van der Waals surface area contributed by atoms with Gasteiger partial charge in [-0.25, -0.2) is 0 Å². The minimum Gasteiger partial charge on any atom is -0.375 e. The van der Waals surface area contributed by atoms with Gasteiger partial charge in [0.15, 0.2) is 5.79 Å². The van der Waals surface area contributed by atoms with Crippen LogP contribution >= 0.6 is 0 Å². The predicted molar refractivity (Wildman–Crippen MR) is 65.8 cm³/mol. The zero-order valence-electron chi connectivity index (χ0n) is 11.0. The fourth-order valence-electron chi connectivity index (χ4n) is 2.05. The molecule has 1 aliphatic heterocycles. The zero-order chi connectivity index (χ0) is 13.1. The second-order valence-corrected chi connectivity index (χ2v) is 4.44. The molecule has 1 fully saturated rings. The fraction of sp³-hybridized carbons (Fsp3) is 0.692. The highest BCUT2D eigenvalue weighted by Crippen LogP contribution is 2.33. The lowest BCUT2D eigenvalue weighted by Crippen LogP contribution is -2.42. The van der Waals surface area contributed by atoms with Gasteiger partial charge in [-0.3, -0.25) is 0 Å². The van der Waals surface area contributed by atoms with Crippen LogP contribution in [-0.2, 0) is 18.9 Å². The van der Waals surface area contributed by atoms with E-state index in [4.69, 9.17) is 18.9 Å². The Morgan fingerprint density at radius 3 is 1.59 bits per heavy atom. The van der Waals surface area contributed by atoms with Crippen molar-refractivity contribution in [1.29, 1.82) is 0 Å². The number of hydrogen-bond donors (Lipinski definition) is 0. The van der Waals surface area contributed by atoms with Crippen molar-refractivity contribution in [3.8, 4) is 0 Å². The monoisotopic (exact) mass is 242 g/mol. The van der Waals surface area contributed by atoms with E-state index in [2.05, 4.69) is 13.2 Å². The van der Waals surface area contributed by atoms with Gasteiger partial charge in [0.2, 0.25) is 0 Å². The molecule has 0 aromatic heterocycles. The molecule has 0 bridgehead atoms. The molecular weight excluding hydrogens is 220 g/mol. The van der Waals surface area contributed by atoms with Crippen molar-refractivity contribution in [2.24, 2.45) is 0 Å². The molecule has 4 heteroatoms. The first-order chi connectivity index (χ1) is 7.99. The van der Waals surface area contributed by atoms with Crippen molar-refractivity contribution in [1.82, 2.24) is 0 Å². The summed E-state index contributed by atoms with van der Waals surface area (Å²) in [6, 6.07) is 0. The predicted octanol–water partition coefficient (Wildman–Crippen LogP) is 1.91. The van der Waals surface area contributed by atoms with Crippen molar-refractivity contribution in [2.45, 2.75) is 44.1 Å². The molecule has 0 aliphatic carbocycles. The molecule has 0 amide bonds. The van der Waals surface area contributed by atoms with Gasteiger partial charge < -0.3 is 18.9 Å². The van der Waals surface area contributed by atoms with Gasteiger partial charge in [-0.05, 0) is 13.8 Å². The smallest absolute Gasteiger partial charge is 0.164 e. The molecule has 0 unspecified atom stereocenters. The van der Waals surface area contributed by atoms with Gasteiger partial charge in [-0.2, -0.15) is 0 Å². The summed E-state index contributed by atoms with van der Waals surface area (Å²) in [5, 5.41) is 0. The Morgan fingerprint density at radius 1 is 1.00 bits per heavy atom. The molecule has 1 saturated heterocycles. The number of methoxy groups -OCH3 is 2. The van der Waals surface area contributed by atoms with E-state index in [1.807, 2.05) is 13.8 Å². The van der Waals surface area contributed by atoms with Crippen molar-refractivity contribution >= 4 is 0 Å². The van der Waals surface area contributed by atoms with Crippen LogP contribution in [0.1, 0.15) is 13.8 Å². The highest BCUT2D eigenvalue weighted by atomic mass is 16.8. The summed E-state index contributed by atoms with van der Waals surface area (Å²) in [6.07, 6.45) is 2.43. The molecule has 0 aromatic rings. The molecule has 1 heterocycles. The molecule has 0 spiro atoms. The van der Waals surface area contributed by atoms with Crippen LogP contribution in [0.5, 0.6) is 0 Å². The van der Waals surface area contributed by atoms with Gasteiger partial charge >= 0.3 is 0 Å². The van der Waals surface area contributed by atoms with Gasteiger partial charge in [0, 0.05) is 14.2 Å². The molecule has 0 radical (unpaired) electrons. The lowest BCUT2D eigenvalue weighted by molar-refractivity contribution is -0.159. The van der Waals surface area contributed by atoms with E-state index in [1.165, 1.54) is 0 Å². The van der Waals surface area contributed by atoms with Gasteiger partial charge in [0.1, 0.15) is 24.4 Å². The molecule has 0 aromatic carbocycles. The maximum Gasteiger partial charge on any atom is 0.164 e. The van der Waals surface area contributed by atoms with Crippen LogP contribution in [0.2, 0.25) is 0 Å². The molecule has 4 nitrogen and oxygen atoms in total. The Hall–Kier alpha value is -0.680. The van der Waals surface area contributed by atoms with Gasteiger partial charge in [0.05, 0.1) is 0 Å². The molecule has 98 valence electrons. The highest BCUT2D eigenvalue weighted by molar-refractivity contribution is 5.02. The summed E-state index contributed by atoms with van der Waals surface area (Å²) in [5.41, 5.74) is 0. The fourth-order valence-corrected chi connectivity index (χ4v) is 2.05. The van der Waals surface area contributed by atoms with Crippen molar-refractivity contribution < 1.29 is 18.9 Å². The third-order valence-corrected chi connectivity index (χ3v) is 2.82. The van der Waals surface area contributed by atoms with Crippen molar-refractivity contribution in [3.05, 3.63) is 25.3 Å². The third kappa shape index (κ3) is 3.16. The third-order valence-electron chi connectivity index (χ3n) is 2.82. The largest absolute Gasteiger partial charge is 0.375 e. The van der Waals surface area contributed by atoms with E-state index < -0.39 is 5.79 Å². The first kappa shape index (κ1) is 14.4. The number of rotatable bonds is 6. The standard InChI is InChI=1S/C13H22O4/c1-7-9(14-5)11-12(10(8-2)15-6)17-13(3,4)16-11/h7-12H,1-2H2,3-6H3/t9-,10-,11-,12-/m1/s1. The summed E-state index contributed by atoms with van der Waals surface area (Å²) in [7, 11) is 3.24. The molecule has 0 saturated carbocycles. The normalized spacial score (nSPS) is 30.8. The lowest BCUT2D eigenvalue weighted by atomic mass is 10.0. The van der Waals surface area contributed by atoms with Crippen LogP contribution in [0, 0.1) is 0 Å². The summed E-state index contributed by atoms with van der Waals surface area (Å²) >= 11 is 0. The number of hydrogen-bond acceptors (Lipinski definition) is 4. The Kier molecular flexibility index (Phi) is 4.89. The van der Waals surface area contributed by atoms with Gasteiger partial charge in [-0.15, -0.1) is 13.2 Å². The topological polar surface area (TPSA) is 36.9 Å². The Bertz CT molecular complexity index is 249. The van der Waals surface area contributed by atoms with Crippen LogP contribution in [0.25, 0.3) is 0 Å². The Labute approximate surface area is 103 Å². The van der Waals surface area contributed by atoms with Crippen LogP contribution in [0.3, 0.4) is 0 Å². The molecule has 1 rings (SSSR count). The Morgan fingerprint density at radius 2 is 1.35 bits per heavy atom. The van der Waals surface area contributed by atoms with E-state index in [1.54, 1.807) is 26.4 Å². The minimum absolute atomic E-state index is 0.237. The highest BCUT2D eigenvalue weighted by Gasteiger charge is 2.47. The number of ether oxygens (including phenoxy) is 4. The van der Waals surface area contributed by atoms with Gasteiger partial charge in [-0.1, -0.05) is 12.2 Å². The summed E-state index contributed by atoms with van der Waals surface area (Å²) < 4.78 is 22.4. The van der Waals surface area contributed by atoms with Gasteiger partial charge in [0.25, 0.3) is 0 Å². The average Bonchev–Trinajstić information content (AvgIpc) is 2.59. The average molecular weight is 242 g/mol. The second-order valence-electron chi connectivity index (χ2n) is 4.44. The summed E-state index contributed by atoms with van der Waals surface area (Å²) in [6.45, 7) is 11.2. The van der Waals surface area contributed by atoms with E-state index in [0.717, 1.165) is 0 Å². The second kappa shape index (κ2) is 5.78. The minimum atomic E-state index is -0.658. The molecule has 1 aliphatic rings. The lowest BCUT2D eigenvalue weighted by Gasteiger charge is -2.26. The van der Waals surface area contributed by atoms with E-state index in [0.29, 0.717) is 0 Å². The first-order valence-corrected chi connectivity index (χ1v) is 5.65. The van der Waals surface area contributed by atoms with Crippen LogP contribution < -0.4 is 0 Å². The quantitative estimate of drug-likeness (QED) is 0.667. The molecule has 17 heavy (non-hydrogen) atoms. The SMILES string of the molecule is C=C[C@@H](OC)[C@H]1OC(C)(C)O[C@@H]1[C@@H](C=C)OC. The Balaban J connectivity index is 2.91. The van der Waals surface area contributed by atoms with Crippen molar-refractivity contribution in [3.63, 3.8) is 0 Å². The van der Waals surface area contributed by atoms with E-state index >= 15 is 0 Å². The van der Waals surface area contributed by atoms with Crippen LogP contribution in [0.4, 0.5) is 0 Å². The summed E-state index contributed by atoms with van der Waals surface area (Å²) in [4.78, 5) is 0. The molecular formula is C13H22O4. The van der Waals surface area contributed by atoms with Crippen LogP contribution in [-0.4, -0.2) is 44.4 Å².